The summed E-state index contributed by atoms with van der Waals surface area (Å²) >= 11 is 5.91. The quantitative estimate of drug-likeness (QED) is 0.0142. The van der Waals surface area contributed by atoms with Crippen molar-refractivity contribution in [2.75, 3.05) is 32.1 Å². The number of rotatable bonds is 35. The van der Waals surface area contributed by atoms with E-state index in [0.29, 0.717) is 25.7 Å². The Kier molecular flexibility index (Phi) is 42.3. The Morgan fingerprint density at radius 3 is 1.59 bits per heavy atom. The third-order valence-electron chi connectivity index (χ3n) is 14.8. The molecule has 514 valence electrons. The van der Waals surface area contributed by atoms with Crippen molar-refractivity contribution in [3.8, 4) is 0 Å². The highest BCUT2D eigenvalue weighted by atomic mass is 35.5. The van der Waals surface area contributed by atoms with Crippen LogP contribution in [0.25, 0.3) is 0 Å². The van der Waals surface area contributed by atoms with E-state index in [0.717, 1.165) is 90.0 Å². The molecule has 0 radical (unpaired) electrons. The van der Waals surface area contributed by atoms with Crippen LogP contribution in [0.5, 0.6) is 0 Å². The van der Waals surface area contributed by atoms with Gasteiger partial charge in [-0.15, -0.1) is 11.6 Å². The van der Waals surface area contributed by atoms with Crippen LogP contribution in [0.15, 0.2) is 11.8 Å². The van der Waals surface area contributed by atoms with Gasteiger partial charge >= 0.3 is 11.9 Å². The van der Waals surface area contributed by atoms with Gasteiger partial charge in [-0.05, 0) is 78.4 Å². The predicted molar refractivity (Wildman–Crippen MR) is 331 cm³/mol. The number of hydrogen-bond donors (Lipinski definition) is 17. The van der Waals surface area contributed by atoms with Crippen molar-refractivity contribution < 1.29 is 87.8 Å². The number of aliphatic hydroxyl groups excluding tert-OH is 4. The maximum absolute atomic E-state index is 14.5. The molecule has 0 aliphatic carbocycles. The normalized spacial score (nSPS) is 23.6. The van der Waals surface area contributed by atoms with Crippen molar-refractivity contribution in [2.45, 2.75) is 255 Å². The number of carboxylic acids is 1. The van der Waals surface area contributed by atoms with Crippen LogP contribution in [0.1, 0.15) is 182 Å². The molecule has 0 aromatic carbocycles. The molecular weight excluding hydrogens is 1200 g/mol. The molecule has 1 saturated heterocycles. The highest BCUT2D eigenvalue weighted by Gasteiger charge is 2.41. The van der Waals surface area contributed by atoms with Gasteiger partial charge in [0.2, 0.25) is 47.3 Å². The molecule has 0 saturated carbocycles. The molecule has 0 aromatic rings. The number of unbranched alkanes of at least 4 members (excludes halogenated alkanes) is 14. The molecule has 20 N–H and O–H groups in total. The summed E-state index contributed by atoms with van der Waals surface area (Å²) in [6.07, 6.45) is 5.49. The molecule has 1 heterocycles. The van der Waals surface area contributed by atoms with Gasteiger partial charge < -0.3 is 95.3 Å². The number of halogens is 1. The number of nitrogens with two attached hydrogens (primary N) is 3. The van der Waals surface area contributed by atoms with Gasteiger partial charge in [-0.2, -0.15) is 0 Å². The molecule has 1 aliphatic heterocycles. The van der Waals surface area contributed by atoms with Crippen molar-refractivity contribution in [3.05, 3.63) is 11.8 Å². The lowest BCUT2D eigenvalue weighted by Gasteiger charge is -2.29. The zero-order chi connectivity index (χ0) is 67.7. The number of aliphatic carboxylic acids is 1. The summed E-state index contributed by atoms with van der Waals surface area (Å²) in [6.45, 7) is 4.88. The fourth-order valence-electron chi connectivity index (χ4n) is 9.48. The zero-order valence-corrected chi connectivity index (χ0v) is 53.4. The van der Waals surface area contributed by atoms with E-state index in [1.54, 1.807) is 0 Å². The molecule has 90 heavy (non-hydrogen) atoms. The second kappa shape index (κ2) is 46.6. The number of Topliss-reactive ketones (excluding diaryl/α,β-unsaturated/α-hetero) is 1. The average Bonchev–Trinajstić information content (AvgIpc) is 1.19. The summed E-state index contributed by atoms with van der Waals surface area (Å²) in [5.41, 5.74) is 16.8. The number of alkyl halides is 1. The maximum atomic E-state index is 14.5. The van der Waals surface area contributed by atoms with Crippen molar-refractivity contribution in [2.24, 2.45) is 17.2 Å². The van der Waals surface area contributed by atoms with Crippen LogP contribution in [-0.4, -0.2) is 201 Å². The third kappa shape index (κ3) is 32.0. The van der Waals surface area contributed by atoms with E-state index in [4.69, 9.17) is 33.5 Å². The van der Waals surface area contributed by atoms with E-state index in [1.807, 2.05) is 17.6 Å². The van der Waals surface area contributed by atoms with Crippen molar-refractivity contribution in [1.29, 1.82) is 0 Å². The number of cyclic esters (lactones) is 1. The zero-order valence-electron chi connectivity index (χ0n) is 52.7. The molecule has 0 spiro atoms. The van der Waals surface area contributed by atoms with Gasteiger partial charge in [0.25, 0.3) is 5.91 Å². The Morgan fingerprint density at radius 2 is 1.08 bits per heavy atom. The SMILES string of the molecule is C/C=C1/NC(=O)[C@H]([C@H](C)O)NC(=O)[C@H](CCN)NC(=O)[C@H](CCCCN)NC(=O)[C@H](CC(=O)CCCCCCCC)NC(=O)[C@@H](CCN)NC(=O)[C@@H](NC(=O)C[C@@H](O)CCCCCCCCCCC)COC(=O)[C@H]([C@H](O)CCl)NC(=O)[C@H](C(O)C(=O)O)NC1=O. The number of hydrogen-bond acceptors (Lipinski definition) is 20. The summed E-state index contributed by atoms with van der Waals surface area (Å²) in [7, 11) is 0. The molecule has 31 heteroatoms. The first kappa shape index (κ1) is 81.6. The molecule has 1 fully saturated rings. The highest BCUT2D eigenvalue weighted by molar-refractivity contribution is 6.18. The molecule has 9 amide bonds. The first-order valence-electron chi connectivity index (χ1n) is 31.5. The number of aliphatic hydroxyl groups is 4. The first-order valence-corrected chi connectivity index (χ1v) is 32.1. The predicted octanol–water partition coefficient (Wildman–Crippen LogP) is -1.92. The minimum Gasteiger partial charge on any atom is -0.479 e. The van der Waals surface area contributed by atoms with Crippen LogP contribution in [0, 0.1) is 0 Å². The standard InChI is InChI=1S/C59H103ClN12O18/c1-5-8-10-12-14-15-16-18-20-24-37(75)32-45(77)64-43-34-90-59(89)47(44(76)33-60)71-57(86)48(49(78)58(87)88)72-50(79)38(7-3)65-56(85)46(35(4)73)70-53(82)41(27-30-63)67-51(80)39(25-21-22-28-61)66-54(83)42(31-36(74)23-19-17-13-11-9-6-2)69-52(81)40(26-29-62)68-55(43)84/h7,35,37,39-44,46-49,73,75-76,78H,5-6,8-34,61-63H2,1-4H3,(H,64,77)(H,65,85)(H,66,83)(H,67,80)(H,68,84)(H,69,81)(H,70,82)(H,71,86)(H,72,79)(H,87,88)/b38-7+/t35-,37-,39-,40+,41-,42-,43-,44+,46-,47-,48-,49?/m0/s1. The maximum Gasteiger partial charge on any atom is 0.335 e. The number of ether oxygens (including phenoxy) is 1. The Bertz CT molecular complexity index is 2320. The van der Waals surface area contributed by atoms with Gasteiger partial charge in [0.1, 0.15) is 60.4 Å². The number of nitrogens with one attached hydrogen (secondary N) is 9. The van der Waals surface area contributed by atoms with E-state index < -0.39 is 175 Å². The molecule has 30 nitrogen and oxygen atoms in total. The minimum atomic E-state index is -2.82. The van der Waals surface area contributed by atoms with Gasteiger partial charge in [-0.3, -0.25) is 47.9 Å². The molecule has 12 atom stereocenters. The lowest BCUT2D eigenvalue weighted by atomic mass is 10.0. The Balaban J connectivity index is 4.12. The van der Waals surface area contributed by atoms with E-state index in [-0.39, 0.29) is 58.2 Å². The van der Waals surface area contributed by atoms with Crippen LogP contribution in [0.3, 0.4) is 0 Å². The lowest BCUT2D eigenvalue weighted by molar-refractivity contribution is -0.155. The number of carboxylic acid groups (broad SMARTS) is 1. The monoisotopic (exact) mass is 1300 g/mol. The van der Waals surface area contributed by atoms with Crippen LogP contribution in [-0.2, 0) is 62.3 Å². The van der Waals surface area contributed by atoms with Crippen molar-refractivity contribution in [1.82, 2.24) is 47.9 Å². The summed E-state index contributed by atoms with van der Waals surface area (Å²) < 4.78 is 5.36. The van der Waals surface area contributed by atoms with Gasteiger partial charge in [0, 0.05) is 12.8 Å². The number of amides is 9. The van der Waals surface area contributed by atoms with Gasteiger partial charge in [0.15, 0.2) is 12.1 Å². The molecular formula is C59H103ClN12O18. The van der Waals surface area contributed by atoms with Gasteiger partial charge in [0.05, 0.1) is 30.6 Å². The minimum absolute atomic E-state index is 0.00886. The van der Waals surface area contributed by atoms with Crippen LogP contribution in [0.2, 0.25) is 0 Å². The van der Waals surface area contributed by atoms with E-state index in [1.165, 1.54) is 6.92 Å². The van der Waals surface area contributed by atoms with Crippen LogP contribution < -0.4 is 65.1 Å². The topological polar surface area (TPSA) is 502 Å². The van der Waals surface area contributed by atoms with Gasteiger partial charge in [-0.25, -0.2) is 9.59 Å². The average molecular weight is 1300 g/mol. The Labute approximate surface area is 532 Å². The fourth-order valence-corrected chi connectivity index (χ4v) is 9.66. The molecule has 1 unspecified atom stereocenters. The molecule has 0 aromatic heterocycles. The fraction of sp³-hybridized carbons (Fsp3) is 0.763. The Hall–Kier alpha value is -6.41. The number of allylic oxidation sites excluding steroid dienone is 1. The number of esters is 1. The number of carbonyl (C=O) groups is 12. The molecule has 1 rings (SSSR count). The largest absolute Gasteiger partial charge is 0.479 e. The van der Waals surface area contributed by atoms with Crippen molar-refractivity contribution >= 4 is 82.5 Å². The number of ketones is 1. The summed E-state index contributed by atoms with van der Waals surface area (Å²) in [5, 5.41) is 73.7. The number of carbonyl (C=O) groups excluding carboxylic acids is 11. The Morgan fingerprint density at radius 1 is 0.589 bits per heavy atom. The smallest absolute Gasteiger partial charge is 0.335 e. The lowest BCUT2D eigenvalue weighted by Crippen LogP contribution is -2.62. The second-order valence-corrected chi connectivity index (χ2v) is 22.8. The summed E-state index contributed by atoms with van der Waals surface area (Å²) in [6, 6.07) is -15.3. The summed E-state index contributed by atoms with van der Waals surface area (Å²) in [4.78, 5) is 166. The molecule has 0 bridgehead atoms. The second-order valence-electron chi connectivity index (χ2n) is 22.5. The van der Waals surface area contributed by atoms with Crippen molar-refractivity contribution in [3.63, 3.8) is 0 Å². The van der Waals surface area contributed by atoms with Gasteiger partial charge in [-0.1, -0.05) is 110 Å². The first-order chi connectivity index (χ1) is 42.8. The molecule has 1 aliphatic rings. The highest BCUT2D eigenvalue weighted by Crippen LogP contribution is 2.15. The van der Waals surface area contributed by atoms with E-state index in [9.17, 15) is 83.1 Å². The van der Waals surface area contributed by atoms with Crippen LogP contribution >= 0.6 is 11.6 Å². The van der Waals surface area contributed by atoms with Crippen LogP contribution in [0.4, 0.5) is 0 Å². The van der Waals surface area contributed by atoms with E-state index >= 15 is 0 Å². The third-order valence-corrected chi connectivity index (χ3v) is 15.1. The van der Waals surface area contributed by atoms with E-state index in [2.05, 4.69) is 44.1 Å². The summed E-state index contributed by atoms with van der Waals surface area (Å²) in [5.74, 6) is -15.9.